The van der Waals surface area contributed by atoms with Gasteiger partial charge in [-0.3, -0.25) is 0 Å². The van der Waals surface area contributed by atoms with Gasteiger partial charge in [0.15, 0.2) is 0 Å². The number of hydrogen-bond acceptors (Lipinski definition) is 2. The minimum absolute atomic E-state index is 0.417. The monoisotopic (exact) mass is 193 g/mol. The van der Waals surface area contributed by atoms with Gasteiger partial charge in [0.2, 0.25) is 0 Å². The van der Waals surface area contributed by atoms with Crippen LogP contribution in [-0.4, -0.2) is 22.1 Å². The van der Waals surface area contributed by atoms with Crippen molar-refractivity contribution in [1.29, 1.82) is 0 Å². The Morgan fingerprint density at radius 1 is 1.57 bits per heavy atom. The number of aryl methyl sites for hydroxylation is 1. The van der Waals surface area contributed by atoms with Crippen molar-refractivity contribution in [2.75, 3.05) is 6.54 Å². The molecule has 0 aliphatic rings. The molecule has 0 aliphatic heterocycles. The third kappa shape index (κ3) is 3.00. The van der Waals surface area contributed by atoms with E-state index in [2.05, 4.69) is 47.8 Å². The lowest BCUT2D eigenvalue weighted by Crippen LogP contribution is -2.22. The van der Waals surface area contributed by atoms with E-state index in [1.807, 2.05) is 12.5 Å². The highest BCUT2D eigenvalue weighted by molar-refractivity contribution is 5.44. The molecule has 0 aliphatic carbocycles. The lowest BCUT2D eigenvalue weighted by atomic mass is 10.3. The van der Waals surface area contributed by atoms with Crippen molar-refractivity contribution in [2.24, 2.45) is 0 Å². The Morgan fingerprint density at radius 3 is 3.00 bits per heavy atom. The van der Waals surface area contributed by atoms with Gasteiger partial charge in [-0.15, -0.1) is 0 Å². The summed E-state index contributed by atoms with van der Waals surface area (Å²) in [5, 5.41) is 3.33. The van der Waals surface area contributed by atoms with Gasteiger partial charge < -0.3 is 9.88 Å². The number of imidazole rings is 1. The lowest BCUT2D eigenvalue weighted by molar-refractivity contribution is 0.662. The van der Waals surface area contributed by atoms with Crippen LogP contribution in [0, 0.1) is 0 Å². The summed E-state index contributed by atoms with van der Waals surface area (Å²) in [5.41, 5.74) is 1.16. The van der Waals surface area contributed by atoms with Crippen molar-refractivity contribution in [2.45, 2.75) is 33.4 Å². The van der Waals surface area contributed by atoms with Gasteiger partial charge in [-0.2, -0.15) is 0 Å². The SMILES string of the molecule is CCNC(C)/C=C/c1cncn1CC. The van der Waals surface area contributed by atoms with Crippen molar-refractivity contribution < 1.29 is 0 Å². The molecular formula is C11H19N3. The van der Waals surface area contributed by atoms with E-state index >= 15 is 0 Å². The van der Waals surface area contributed by atoms with E-state index in [9.17, 15) is 0 Å². The molecule has 0 saturated heterocycles. The zero-order valence-electron chi connectivity index (χ0n) is 9.20. The summed E-state index contributed by atoms with van der Waals surface area (Å²) in [6, 6.07) is 0.417. The van der Waals surface area contributed by atoms with E-state index in [0.717, 1.165) is 18.8 Å². The third-order valence-electron chi connectivity index (χ3n) is 2.17. The second-order valence-electron chi connectivity index (χ2n) is 3.31. The van der Waals surface area contributed by atoms with Gasteiger partial charge in [0.1, 0.15) is 0 Å². The maximum atomic E-state index is 4.11. The molecule has 0 saturated carbocycles. The van der Waals surface area contributed by atoms with E-state index in [1.54, 1.807) is 0 Å². The second kappa shape index (κ2) is 5.60. The quantitative estimate of drug-likeness (QED) is 0.774. The maximum Gasteiger partial charge on any atom is 0.0950 e. The summed E-state index contributed by atoms with van der Waals surface area (Å²) in [5.74, 6) is 0. The minimum Gasteiger partial charge on any atom is -0.331 e. The number of hydrogen-bond donors (Lipinski definition) is 1. The topological polar surface area (TPSA) is 29.9 Å². The van der Waals surface area contributed by atoms with E-state index in [-0.39, 0.29) is 0 Å². The first kappa shape index (κ1) is 11.0. The standard InChI is InChI=1S/C11H19N3/c1-4-13-10(3)6-7-11-8-12-9-14(11)5-2/h6-10,13H,4-5H2,1-3H3/b7-6+. The zero-order valence-corrected chi connectivity index (χ0v) is 9.20. The fraction of sp³-hybridized carbons (Fsp3) is 0.545. The fourth-order valence-electron chi connectivity index (χ4n) is 1.37. The first-order valence-electron chi connectivity index (χ1n) is 5.19. The highest BCUT2D eigenvalue weighted by Gasteiger charge is 1.96. The van der Waals surface area contributed by atoms with Crippen LogP contribution in [0.4, 0.5) is 0 Å². The van der Waals surface area contributed by atoms with Gasteiger partial charge >= 0.3 is 0 Å². The molecule has 3 heteroatoms. The molecule has 1 atom stereocenters. The van der Waals surface area contributed by atoms with Crippen molar-refractivity contribution in [3.63, 3.8) is 0 Å². The highest BCUT2D eigenvalue weighted by atomic mass is 15.0. The molecule has 1 N–H and O–H groups in total. The normalized spacial score (nSPS) is 13.6. The summed E-state index contributed by atoms with van der Waals surface area (Å²) in [4.78, 5) is 4.11. The fourth-order valence-corrected chi connectivity index (χ4v) is 1.37. The van der Waals surface area contributed by atoms with E-state index in [1.165, 1.54) is 0 Å². The van der Waals surface area contributed by atoms with Crippen LogP contribution in [0.5, 0.6) is 0 Å². The van der Waals surface area contributed by atoms with Crippen molar-refractivity contribution >= 4 is 6.08 Å². The van der Waals surface area contributed by atoms with Gasteiger partial charge in [0.25, 0.3) is 0 Å². The minimum atomic E-state index is 0.417. The molecule has 78 valence electrons. The van der Waals surface area contributed by atoms with Gasteiger partial charge in [-0.05, 0) is 26.5 Å². The average Bonchev–Trinajstić information content (AvgIpc) is 2.62. The largest absolute Gasteiger partial charge is 0.331 e. The molecular weight excluding hydrogens is 174 g/mol. The van der Waals surface area contributed by atoms with Crippen LogP contribution in [0.25, 0.3) is 6.08 Å². The molecule has 1 unspecified atom stereocenters. The Labute approximate surface area is 85.8 Å². The predicted octanol–water partition coefficient (Wildman–Crippen LogP) is 1.91. The lowest BCUT2D eigenvalue weighted by Gasteiger charge is -2.06. The van der Waals surface area contributed by atoms with E-state index in [0.29, 0.717) is 6.04 Å². The number of likely N-dealkylation sites (N-methyl/N-ethyl adjacent to an activating group) is 1. The smallest absolute Gasteiger partial charge is 0.0950 e. The van der Waals surface area contributed by atoms with Gasteiger partial charge in [-0.1, -0.05) is 13.0 Å². The van der Waals surface area contributed by atoms with Crippen LogP contribution in [0.1, 0.15) is 26.5 Å². The molecule has 0 fully saturated rings. The van der Waals surface area contributed by atoms with Gasteiger partial charge in [0.05, 0.1) is 18.2 Å². The predicted molar refractivity (Wildman–Crippen MR) is 60.1 cm³/mol. The number of nitrogens with one attached hydrogen (secondary N) is 1. The molecule has 1 aromatic heterocycles. The van der Waals surface area contributed by atoms with Gasteiger partial charge in [-0.25, -0.2) is 4.98 Å². The highest BCUT2D eigenvalue weighted by Crippen LogP contribution is 2.02. The Bertz CT molecular complexity index is 288. The number of rotatable bonds is 5. The van der Waals surface area contributed by atoms with Crippen LogP contribution in [-0.2, 0) is 6.54 Å². The van der Waals surface area contributed by atoms with Crippen molar-refractivity contribution in [3.8, 4) is 0 Å². The number of aromatic nitrogens is 2. The second-order valence-corrected chi connectivity index (χ2v) is 3.31. The first-order valence-corrected chi connectivity index (χ1v) is 5.19. The zero-order chi connectivity index (χ0) is 10.4. The Balaban J connectivity index is 2.58. The molecule has 0 aromatic carbocycles. The molecule has 14 heavy (non-hydrogen) atoms. The molecule has 1 rings (SSSR count). The van der Waals surface area contributed by atoms with Crippen molar-refractivity contribution in [1.82, 2.24) is 14.9 Å². The molecule has 0 radical (unpaired) electrons. The average molecular weight is 193 g/mol. The van der Waals surface area contributed by atoms with Crippen LogP contribution in [0.3, 0.4) is 0 Å². The third-order valence-corrected chi connectivity index (χ3v) is 2.17. The molecule has 0 amide bonds. The summed E-state index contributed by atoms with van der Waals surface area (Å²) in [7, 11) is 0. The van der Waals surface area contributed by atoms with E-state index < -0.39 is 0 Å². The molecule has 1 heterocycles. The maximum absolute atomic E-state index is 4.11. The van der Waals surface area contributed by atoms with Crippen molar-refractivity contribution in [3.05, 3.63) is 24.3 Å². The van der Waals surface area contributed by atoms with Gasteiger partial charge in [0, 0.05) is 12.6 Å². The number of nitrogens with zero attached hydrogens (tertiary/aromatic N) is 2. The Hall–Kier alpha value is -1.09. The van der Waals surface area contributed by atoms with Crippen LogP contribution in [0.2, 0.25) is 0 Å². The Kier molecular flexibility index (Phi) is 4.40. The summed E-state index contributed by atoms with van der Waals surface area (Å²) in [6.45, 7) is 8.34. The summed E-state index contributed by atoms with van der Waals surface area (Å²) < 4.78 is 2.12. The molecule has 1 aromatic rings. The molecule has 0 bridgehead atoms. The summed E-state index contributed by atoms with van der Waals surface area (Å²) in [6.07, 6.45) is 8.02. The Morgan fingerprint density at radius 2 is 2.36 bits per heavy atom. The molecule has 0 spiro atoms. The first-order chi connectivity index (χ1) is 6.77. The molecule has 3 nitrogen and oxygen atoms in total. The van der Waals surface area contributed by atoms with E-state index in [4.69, 9.17) is 0 Å². The summed E-state index contributed by atoms with van der Waals surface area (Å²) >= 11 is 0. The van der Waals surface area contributed by atoms with Crippen LogP contribution in [0.15, 0.2) is 18.6 Å². The van der Waals surface area contributed by atoms with Crippen LogP contribution < -0.4 is 5.32 Å². The van der Waals surface area contributed by atoms with Crippen LogP contribution >= 0.6 is 0 Å².